The Kier molecular flexibility index (Phi) is 3.91. The van der Waals surface area contributed by atoms with Gasteiger partial charge in [-0.05, 0) is 30.7 Å². The molecule has 0 radical (unpaired) electrons. The van der Waals surface area contributed by atoms with E-state index < -0.39 is 36.2 Å². The Labute approximate surface area is 146 Å². The van der Waals surface area contributed by atoms with E-state index in [9.17, 15) is 23.1 Å². The number of imidazole rings is 1. The molecule has 0 saturated heterocycles. The van der Waals surface area contributed by atoms with Gasteiger partial charge in [0.15, 0.2) is 5.82 Å². The van der Waals surface area contributed by atoms with Crippen LogP contribution in [0.1, 0.15) is 12.0 Å². The van der Waals surface area contributed by atoms with E-state index in [1.54, 1.807) is 12.1 Å². The first kappa shape index (κ1) is 16.6. The molecule has 4 rings (SSSR count). The third-order valence-corrected chi connectivity index (χ3v) is 4.40. The summed E-state index contributed by atoms with van der Waals surface area (Å²) in [7, 11) is 0. The monoisotopic (exact) mass is 361 g/mol. The molecule has 26 heavy (non-hydrogen) atoms. The van der Waals surface area contributed by atoms with Gasteiger partial charge in [-0.15, -0.1) is 0 Å². The van der Waals surface area contributed by atoms with Crippen LogP contribution in [0.25, 0.3) is 16.8 Å². The molecular formula is C18H14F3N3O2. The minimum absolute atomic E-state index is 0.0352. The van der Waals surface area contributed by atoms with Crippen molar-refractivity contribution in [3.8, 4) is 11.1 Å². The van der Waals surface area contributed by atoms with Crippen molar-refractivity contribution in [2.24, 2.45) is 5.92 Å². The smallest absolute Gasteiger partial charge is 0.231 e. The molecule has 3 aromatic rings. The highest BCUT2D eigenvalue weighted by atomic mass is 19.1. The Hall–Kier alpha value is -2.87. The summed E-state index contributed by atoms with van der Waals surface area (Å²) in [5, 5.41) is 11.9. The van der Waals surface area contributed by atoms with Gasteiger partial charge in [-0.1, -0.05) is 0 Å². The molecule has 2 N–H and O–H groups in total. The number of fused-ring (bicyclic) bond motifs is 1. The molecular weight excluding hydrogens is 347 g/mol. The summed E-state index contributed by atoms with van der Waals surface area (Å²) in [5.41, 5.74) is 0.645. The fourth-order valence-electron chi connectivity index (χ4n) is 2.91. The largest absolute Gasteiger partial charge is 0.392 e. The molecule has 134 valence electrons. The van der Waals surface area contributed by atoms with Crippen LogP contribution >= 0.6 is 0 Å². The molecule has 1 amide bonds. The lowest BCUT2D eigenvalue weighted by atomic mass is 10.0. The Morgan fingerprint density at radius 3 is 2.65 bits per heavy atom. The van der Waals surface area contributed by atoms with Gasteiger partial charge in [-0.2, -0.15) is 0 Å². The van der Waals surface area contributed by atoms with Crippen LogP contribution in [0.3, 0.4) is 0 Å². The van der Waals surface area contributed by atoms with E-state index in [-0.39, 0.29) is 23.4 Å². The molecule has 8 heteroatoms. The van der Waals surface area contributed by atoms with Crippen molar-refractivity contribution in [3.05, 3.63) is 53.9 Å². The van der Waals surface area contributed by atoms with Crippen LogP contribution in [0.4, 0.5) is 19.0 Å². The SMILES string of the molecule is O=C(Nc1cn2cc(-c3c(F)ccc(F)c3CO)ccc2n1)C1CC1F. The topological polar surface area (TPSA) is 66.6 Å². The predicted octanol–water partition coefficient (Wildman–Crippen LogP) is 3.07. The number of halogens is 3. The first-order valence-corrected chi connectivity index (χ1v) is 7.99. The average molecular weight is 361 g/mol. The van der Waals surface area contributed by atoms with Crippen LogP contribution in [0.5, 0.6) is 0 Å². The highest BCUT2D eigenvalue weighted by Gasteiger charge is 2.43. The van der Waals surface area contributed by atoms with Gasteiger partial charge in [-0.25, -0.2) is 18.2 Å². The first-order chi connectivity index (χ1) is 12.5. The lowest BCUT2D eigenvalue weighted by Crippen LogP contribution is -2.15. The molecule has 1 fully saturated rings. The third-order valence-electron chi connectivity index (χ3n) is 4.40. The minimum Gasteiger partial charge on any atom is -0.392 e. The second-order valence-corrected chi connectivity index (χ2v) is 6.20. The van der Waals surface area contributed by atoms with E-state index in [4.69, 9.17) is 0 Å². The Balaban J connectivity index is 1.70. The zero-order chi connectivity index (χ0) is 18.4. The summed E-state index contributed by atoms with van der Waals surface area (Å²) in [6.45, 7) is -0.645. The summed E-state index contributed by atoms with van der Waals surface area (Å²) in [4.78, 5) is 16.0. The molecule has 2 atom stereocenters. The van der Waals surface area contributed by atoms with Gasteiger partial charge in [0.25, 0.3) is 0 Å². The van der Waals surface area contributed by atoms with Gasteiger partial charge < -0.3 is 14.8 Å². The van der Waals surface area contributed by atoms with Crippen LogP contribution in [0.15, 0.2) is 36.7 Å². The number of alkyl halides is 1. The van der Waals surface area contributed by atoms with Crippen LogP contribution in [-0.2, 0) is 11.4 Å². The molecule has 1 aliphatic rings. The molecule has 2 heterocycles. The number of rotatable bonds is 4. The number of aliphatic hydroxyl groups is 1. The van der Waals surface area contributed by atoms with Crippen molar-refractivity contribution < 1.29 is 23.1 Å². The highest BCUT2D eigenvalue weighted by molar-refractivity contribution is 5.94. The standard InChI is InChI=1S/C18H14F3N3O2/c19-12-2-3-13(20)17(11(12)8-25)9-1-4-16-22-15(7-24(16)6-9)23-18(26)10-5-14(10)21/h1-4,6-7,10,14,25H,5,8H2,(H,23,26). The second-order valence-electron chi connectivity index (χ2n) is 6.20. The highest BCUT2D eigenvalue weighted by Crippen LogP contribution is 2.35. The zero-order valence-corrected chi connectivity index (χ0v) is 13.4. The summed E-state index contributed by atoms with van der Waals surface area (Å²) < 4.78 is 42.6. The number of carbonyl (C=O) groups excluding carboxylic acids is 1. The van der Waals surface area contributed by atoms with E-state index >= 15 is 0 Å². The van der Waals surface area contributed by atoms with E-state index in [2.05, 4.69) is 10.3 Å². The number of pyridine rings is 1. The molecule has 1 aromatic carbocycles. The molecule has 1 saturated carbocycles. The van der Waals surface area contributed by atoms with Gasteiger partial charge in [-0.3, -0.25) is 4.79 Å². The minimum atomic E-state index is -1.11. The predicted molar refractivity (Wildman–Crippen MR) is 88.1 cm³/mol. The molecule has 2 aromatic heterocycles. The van der Waals surface area contributed by atoms with Gasteiger partial charge in [0.05, 0.1) is 18.7 Å². The van der Waals surface area contributed by atoms with Gasteiger partial charge in [0.1, 0.15) is 23.5 Å². The first-order valence-electron chi connectivity index (χ1n) is 7.99. The van der Waals surface area contributed by atoms with Crippen molar-refractivity contribution in [2.45, 2.75) is 19.2 Å². The van der Waals surface area contributed by atoms with Crippen molar-refractivity contribution in [1.29, 1.82) is 0 Å². The Morgan fingerprint density at radius 2 is 1.96 bits per heavy atom. The molecule has 5 nitrogen and oxygen atoms in total. The van der Waals surface area contributed by atoms with E-state index in [1.165, 1.54) is 16.8 Å². The van der Waals surface area contributed by atoms with E-state index in [1.807, 2.05) is 0 Å². The molecule has 0 bridgehead atoms. The third kappa shape index (κ3) is 2.82. The number of nitrogens with one attached hydrogen (secondary N) is 1. The number of anilines is 1. The van der Waals surface area contributed by atoms with Crippen LogP contribution in [0.2, 0.25) is 0 Å². The zero-order valence-electron chi connectivity index (χ0n) is 13.4. The number of hydrogen-bond donors (Lipinski definition) is 2. The van der Waals surface area contributed by atoms with Crippen molar-refractivity contribution in [2.75, 3.05) is 5.32 Å². The normalized spacial score (nSPS) is 18.9. The Bertz CT molecular complexity index is 1020. The summed E-state index contributed by atoms with van der Waals surface area (Å²) in [5.74, 6) is -2.18. The number of aromatic nitrogens is 2. The molecule has 1 aliphatic carbocycles. The number of carbonyl (C=O) groups is 1. The van der Waals surface area contributed by atoms with Crippen LogP contribution < -0.4 is 5.32 Å². The number of benzene rings is 1. The van der Waals surface area contributed by atoms with Gasteiger partial charge >= 0.3 is 0 Å². The maximum Gasteiger partial charge on any atom is 0.231 e. The van der Waals surface area contributed by atoms with Crippen LogP contribution in [0, 0.1) is 17.6 Å². The van der Waals surface area contributed by atoms with Crippen LogP contribution in [-0.4, -0.2) is 26.6 Å². The number of amides is 1. The lowest BCUT2D eigenvalue weighted by molar-refractivity contribution is -0.117. The molecule has 0 spiro atoms. The number of nitrogens with zero attached hydrogens (tertiary/aromatic N) is 2. The lowest BCUT2D eigenvalue weighted by Gasteiger charge is -2.10. The molecule has 0 aliphatic heterocycles. The number of aliphatic hydroxyl groups excluding tert-OH is 1. The van der Waals surface area contributed by atoms with E-state index in [0.29, 0.717) is 11.2 Å². The summed E-state index contributed by atoms with van der Waals surface area (Å²) in [6.07, 6.45) is 2.13. The van der Waals surface area contributed by atoms with Crippen molar-refractivity contribution in [1.82, 2.24) is 9.38 Å². The molecule has 2 unspecified atom stereocenters. The second kappa shape index (κ2) is 6.14. The number of hydrogen-bond acceptors (Lipinski definition) is 3. The van der Waals surface area contributed by atoms with Crippen molar-refractivity contribution >= 4 is 17.4 Å². The van der Waals surface area contributed by atoms with Gasteiger partial charge in [0.2, 0.25) is 5.91 Å². The fraction of sp³-hybridized carbons (Fsp3) is 0.222. The maximum atomic E-state index is 14.2. The fourth-order valence-corrected chi connectivity index (χ4v) is 2.91. The Morgan fingerprint density at radius 1 is 1.23 bits per heavy atom. The van der Waals surface area contributed by atoms with E-state index in [0.717, 1.165) is 12.1 Å². The maximum absolute atomic E-state index is 14.2. The summed E-state index contributed by atoms with van der Waals surface area (Å²) in [6, 6.07) is 5.08. The quantitative estimate of drug-likeness (QED) is 0.751. The van der Waals surface area contributed by atoms with Crippen molar-refractivity contribution in [3.63, 3.8) is 0 Å². The average Bonchev–Trinajstić information content (AvgIpc) is 3.21. The van der Waals surface area contributed by atoms with Gasteiger partial charge in [0, 0.05) is 22.9 Å². The summed E-state index contributed by atoms with van der Waals surface area (Å²) >= 11 is 0.